The van der Waals surface area contributed by atoms with Crippen LogP contribution in [0.25, 0.3) is 43.1 Å². The quantitative estimate of drug-likeness (QED) is 0.0379. The maximum Gasteiger partial charge on any atom is 0.130 e. The molecule has 0 heterocycles. The Morgan fingerprint density at radius 2 is 0.408 bits per heavy atom. The van der Waals surface area contributed by atoms with Crippen molar-refractivity contribution in [3.05, 3.63) is 410 Å². The molecule has 0 atom stereocenters. The largest absolute Gasteiger partial charge is 0.508 e. The first-order chi connectivity index (χ1) is 57.9. The molecule has 0 aromatic heterocycles. The molecule has 17 heteroatoms. The van der Waals surface area contributed by atoms with Crippen LogP contribution in [0.2, 0.25) is 0 Å². The van der Waals surface area contributed by atoms with Gasteiger partial charge in [-0.25, -0.2) is 0 Å². The van der Waals surface area contributed by atoms with E-state index in [1.165, 1.54) is 0 Å². The summed E-state index contributed by atoms with van der Waals surface area (Å²) in [6.45, 7) is 0. The summed E-state index contributed by atoms with van der Waals surface area (Å²) in [6, 6.07) is 88.9. The molecule has 0 saturated heterocycles. The van der Waals surface area contributed by atoms with E-state index in [1.54, 1.807) is 194 Å². The van der Waals surface area contributed by atoms with Gasteiger partial charge in [0.2, 0.25) is 0 Å². The molecule has 0 bridgehead atoms. The number of hydrogen-bond donors (Lipinski definition) is 17. The van der Waals surface area contributed by atoms with E-state index < -0.39 is 0 Å². The van der Waals surface area contributed by atoms with Crippen LogP contribution in [-0.4, -0.2) is 86.8 Å². The van der Waals surface area contributed by atoms with Crippen molar-refractivity contribution in [1.82, 2.24) is 0 Å². The molecule has 17 nitrogen and oxygen atoms in total. The lowest BCUT2D eigenvalue weighted by Gasteiger charge is -2.18. The van der Waals surface area contributed by atoms with Crippen molar-refractivity contribution in [3.8, 4) is 97.7 Å². The highest BCUT2D eigenvalue weighted by Crippen LogP contribution is 2.45. The van der Waals surface area contributed by atoms with E-state index in [1.807, 2.05) is 115 Å². The summed E-state index contributed by atoms with van der Waals surface area (Å²) in [5, 5.41) is 177. The number of phenolic OH excluding ortho intramolecular Hbond substituents is 17. The van der Waals surface area contributed by atoms with Crippen LogP contribution in [0, 0.1) is 0 Å². The zero-order chi connectivity index (χ0) is 84.3. The maximum absolute atomic E-state index is 11.3. The highest BCUT2D eigenvalue weighted by atomic mass is 16.3. The summed E-state index contributed by atoms with van der Waals surface area (Å²) in [6.07, 6.45) is 4.49. The van der Waals surface area contributed by atoms with E-state index in [2.05, 4.69) is 0 Å². The van der Waals surface area contributed by atoms with Gasteiger partial charge in [-0.3, -0.25) is 0 Å². The Labute approximate surface area is 691 Å². The molecule has 17 aromatic rings. The minimum absolute atomic E-state index is 0.00327. The van der Waals surface area contributed by atoms with E-state index in [9.17, 15) is 86.8 Å². The van der Waals surface area contributed by atoms with Gasteiger partial charge in [0.25, 0.3) is 0 Å². The van der Waals surface area contributed by atoms with Gasteiger partial charge < -0.3 is 86.8 Å². The minimum atomic E-state index is -0.00327. The Balaban J connectivity index is 0.000000134. The van der Waals surface area contributed by atoms with Gasteiger partial charge in [0, 0.05) is 49.7 Å². The molecule has 0 aliphatic heterocycles. The van der Waals surface area contributed by atoms with Crippen molar-refractivity contribution < 1.29 is 86.8 Å². The second kappa shape index (κ2) is 36.0. The van der Waals surface area contributed by atoms with E-state index in [-0.39, 0.29) is 97.7 Å². The summed E-state index contributed by atoms with van der Waals surface area (Å²) < 4.78 is 0. The highest BCUT2D eigenvalue weighted by Gasteiger charge is 2.23. The molecule has 0 saturated carbocycles. The van der Waals surface area contributed by atoms with Crippen LogP contribution in [0.5, 0.6) is 97.7 Å². The topological polar surface area (TPSA) is 344 Å². The molecule has 600 valence electrons. The minimum Gasteiger partial charge on any atom is -0.508 e. The van der Waals surface area contributed by atoms with Crippen LogP contribution in [-0.2, 0) is 57.8 Å². The highest BCUT2D eigenvalue weighted by molar-refractivity contribution is 6.00. The van der Waals surface area contributed by atoms with Gasteiger partial charge in [-0.15, -0.1) is 0 Å². The molecule has 17 N–H and O–H groups in total. The lowest BCUT2D eigenvalue weighted by atomic mass is 9.88. The summed E-state index contributed by atoms with van der Waals surface area (Å²) in [5.74, 6) is 2.62. The number of fused-ring (bicyclic) bond motifs is 4. The molecule has 0 radical (unpaired) electrons. The van der Waals surface area contributed by atoms with Crippen LogP contribution >= 0.6 is 0 Å². The van der Waals surface area contributed by atoms with Crippen molar-refractivity contribution in [2.75, 3.05) is 0 Å². The number of benzene rings is 17. The first-order valence-electron chi connectivity index (χ1n) is 38.7. The number of phenols is 17. The Morgan fingerprint density at radius 1 is 0.142 bits per heavy atom. The second-order valence-corrected chi connectivity index (χ2v) is 29.9. The van der Waals surface area contributed by atoms with Crippen LogP contribution < -0.4 is 0 Å². The van der Waals surface area contributed by atoms with E-state index in [4.69, 9.17) is 0 Å². The Kier molecular flexibility index (Phi) is 24.3. The van der Waals surface area contributed by atoms with Crippen molar-refractivity contribution >= 4 is 43.1 Å². The molecule has 0 fully saturated rings. The van der Waals surface area contributed by atoms with Gasteiger partial charge in [-0.05, 0) is 292 Å². The Morgan fingerprint density at radius 3 is 0.808 bits per heavy atom. The molecule has 0 unspecified atom stereocenters. The number of hydrogen-bond acceptors (Lipinski definition) is 17. The standard InChI is InChI=1S/2C31H26O5.C24H20O4.C17H14O3/c32-25-8-1-19(2-9-25)15-22-7-14-28(35)30-29(22)23(16-20-3-10-26(33)11-4-20)18-24(31(30)36)17-21-5-12-27(34)13-6-21;32-25-8-1-19(2-9-25)15-22-7-14-28-23(16-20-3-10-26(33)11-4-20)18-24(31(36)29(28)30(22)35)17-21-5-12-27(34)13-6-21;25-19-5-1-15(2-6-19)11-18-13-17-14-21(27)9-10-22(17)23(24(18)28)12-16-3-7-20(26)8-4-16;18-13-4-1-11(2-5-13)9-16-15-7-6-14(19)10-12(15)3-8-17(16)20/h2*1-14,18,32-36H,15-17H2;1-10,13-14,25-28H,11-12H2;1-8,10,18-20H,9H2. The molecular weight excluding hydrogens is 1510 g/mol. The summed E-state index contributed by atoms with van der Waals surface area (Å²) in [5.41, 5.74) is 15.8. The van der Waals surface area contributed by atoms with Crippen molar-refractivity contribution in [1.29, 1.82) is 0 Å². The fraction of sp³-hybridized carbons (Fsp3) is 0.0874. The van der Waals surface area contributed by atoms with Gasteiger partial charge in [-0.1, -0.05) is 158 Å². The van der Waals surface area contributed by atoms with Crippen molar-refractivity contribution in [2.45, 2.75) is 57.8 Å². The fourth-order valence-corrected chi connectivity index (χ4v) is 15.1. The third-order valence-electron chi connectivity index (χ3n) is 21.3. The Bertz CT molecular complexity index is 6380. The number of aromatic hydroxyl groups is 17. The maximum atomic E-state index is 11.3. The van der Waals surface area contributed by atoms with Gasteiger partial charge in [0.1, 0.15) is 97.7 Å². The molecule has 120 heavy (non-hydrogen) atoms. The Hall–Kier alpha value is -15.6. The smallest absolute Gasteiger partial charge is 0.130 e. The van der Waals surface area contributed by atoms with Crippen LogP contribution in [0.3, 0.4) is 0 Å². The van der Waals surface area contributed by atoms with Crippen LogP contribution in [0.1, 0.15) is 100 Å². The van der Waals surface area contributed by atoms with Crippen LogP contribution in [0.4, 0.5) is 0 Å². The van der Waals surface area contributed by atoms with Gasteiger partial charge in [0.05, 0.1) is 10.8 Å². The molecule has 17 rings (SSSR count). The predicted molar refractivity (Wildman–Crippen MR) is 467 cm³/mol. The SMILES string of the molecule is Oc1ccc(Cc2c(O)ccc3cc(O)ccc23)cc1.Oc1ccc(Cc2cc(Cc3ccc(O)cc3)c3c(Cc4ccc(O)cc4)ccc(O)c3c2O)cc1.Oc1ccc(Cc2cc3cc(O)ccc3c(Cc3ccc(O)cc3)c2O)cc1.Oc1ccc(Cc2ccc3c(Cc4ccc(O)cc4)cc(Cc4ccc(O)cc4)c(O)c3c2O)cc1. The summed E-state index contributed by atoms with van der Waals surface area (Å²) in [7, 11) is 0. The lowest BCUT2D eigenvalue weighted by Crippen LogP contribution is -2.00. The van der Waals surface area contributed by atoms with E-state index >= 15 is 0 Å². The van der Waals surface area contributed by atoms with E-state index in [0.29, 0.717) is 85.3 Å². The summed E-state index contributed by atoms with van der Waals surface area (Å²) >= 11 is 0. The monoisotopic (exact) mass is 1590 g/mol. The molecule has 0 spiro atoms. The summed E-state index contributed by atoms with van der Waals surface area (Å²) in [4.78, 5) is 0. The van der Waals surface area contributed by atoms with Gasteiger partial charge in [-0.2, -0.15) is 0 Å². The molecule has 0 aliphatic rings. The molecule has 17 aromatic carbocycles. The third kappa shape index (κ3) is 19.7. The number of rotatable bonds is 18. The second-order valence-electron chi connectivity index (χ2n) is 29.9. The fourth-order valence-electron chi connectivity index (χ4n) is 15.1. The average molecular weight is 1600 g/mol. The first-order valence-corrected chi connectivity index (χ1v) is 38.7. The van der Waals surface area contributed by atoms with Gasteiger partial charge >= 0.3 is 0 Å². The van der Waals surface area contributed by atoms with Crippen LogP contribution in [0.15, 0.2) is 309 Å². The molecular formula is C103H86O17. The zero-order valence-corrected chi connectivity index (χ0v) is 64.9. The third-order valence-corrected chi connectivity index (χ3v) is 21.3. The van der Waals surface area contributed by atoms with Gasteiger partial charge in [0.15, 0.2) is 0 Å². The molecule has 0 aliphatic carbocycles. The first kappa shape index (κ1) is 81.0. The zero-order valence-electron chi connectivity index (χ0n) is 64.9. The predicted octanol–water partition coefficient (Wildman–Crippen LogP) is 20.7. The van der Waals surface area contributed by atoms with E-state index in [0.717, 1.165) is 116 Å². The van der Waals surface area contributed by atoms with Crippen molar-refractivity contribution in [2.24, 2.45) is 0 Å². The lowest BCUT2D eigenvalue weighted by molar-refractivity contribution is 0.457. The molecule has 0 amide bonds. The normalized spacial score (nSPS) is 11.0. The average Bonchev–Trinajstić information content (AvgIpc) is 0.762. The van der Waals surface area contributed by atoms with Crippen molar-refractivity contribution in [3.63, 3.8) is 0 Å².